The Balaban J connectivity index is 1.97. The minimum atomic E-state index is -3.74. The molecule has 0 aliphatic carbocycles. The molecule has 5 heteroatoms. The maximum Gasteiger partial charge on any atom is 0.262 e. The standard InChI is InChI=1S/C21H21NO3S/c1-15-13-16(2)21(17(3)14-15)26(23,24)22-19-11-7-8-12-20(19)25-18-9-5-4-6-10-18/h4-14,22H,1-3H3. The number of rotatable bonds is 5. The topological polar surface area (TPSA) is 55.4 Å². The maximum atomic E-state index is 13.0. The number of anilines is 1. The quantitative estimate of drug-likeness (QED) is 0.674. The number of hydrogen-bond donors (Lipinski definition) is 1. The summed E-state index contributed by atoms with van der Waals surface area (Å²) >= 11 is 0. The van der Waals surface area contributed by atoms with Gasteiger partial charge in [0.2, 0.25) is 0 Å². The highest BCUT2D eigenvalue weighted by atomic mass is 32.2. The van der Waals surface area contributed by atoms with Crippen LogP contribution in [0.2, 0.25) is 0 Å². The number of sulfonamides is 1. The van der Waals surface area contributed by atoms with Crippen LogP contribution in [0.25, 0.3) is 0 Å². The van der Waals surface area contributed by atoms with Crippen LogP contribution in [0.15, 0.2) is 71.6 Å². The molecular weight excluding hydrogens is 346 g/mol. The van der Waals surface area contributed by atoms with Crippen molar-refractivity contribution in [3.05, 3.63) is 83.4 Å². The van der Waals surface area contributed by atoms with Gasteiger partial charge >= 0.3 is 0 Å². The van der Waals surface area contributed by atoms with Gasteiger partial charge in [-0.15, -0.1) is 0 Å². The summed E-state index contributed by atoms with van der Waals surface area (Å²) in [7, 11) is -3.74. The minimum Gasteiger partial charge on any atom is -0.455 e. The smallest absolute Gasteiger partial charge is 0.262 e. The molecule has 0 bridgehead atoms. The Hall–Kier alpha value is -2.79. The summed E-state index contributed by atoms with van der Waals surface area (Å²) in [6.07, 6.45) is 0. The highest BCUT2D eigenvalue weighted by Crippen LogP contribution is 2.32. The largest absolute Gasteiger partial charge is 0.455 e. The predicted octanol–water partition coefficient (Wildman–Crippen LogP) is 5.20. The van der Waals surface area contributed by atoms with E-state index in [9.17, 15) is 8.42 Å². The molecule has 0 saturated heterocycles. The van der Waals surface area contributed by atoms with E-state index in [1.807, 2.05) is 49.4 Å². The predicted molar refractivity (Wildman–Crippen MR) is 104 cm³/mol. The van der Waals surface area contributed by atoms with Crippen LogP contribution >= 0.6 is 0 Å². The number of para-hydroxylation sites is 3. The molecule has 0 aromatic heterocycles. The monoisotopic (exact) mass is 367 g/mol. The molecule has 3 aromatic rings. The Morgan fingerprint density at radius 2 is 1.38 bits per heavy atom. The average Bonchev–Trinajstić information content (AvgIpc) is 2.56. The van der Waals surface area contributed by atoms with Crippen LogP contribution in [0.4, 0.5) is 5.69 Å². The highest BCUT2D eigenvalue weighted by Gasteiger charge is 2.21. The lowest BCUT2D eigenvalue weighted by molar-refractivity contribution is 0.485. The number of aryl methyl sites for hydroxylation is 3. The first-order valence-electron chi connectivity index (χ1n) is 8.29. The van der Waals surface area contributed by atoms with Gasteiger partial charge in [-0.1, -0.05) is 48.0 Å². The Bertz CT molecular complexity index is 1010. The third-order valence-electron chi connectivity index (χ3n) is 3.98. The first-order chi connectivity index (χ1) is 12.4. The summed E-state index contributed by atoms with van der Waals surface area (Å²) in [5, 5.41) is 0. The van der Waals surface area contributed by atoms with Gasteiger partial charge in [-0.3, -0.25) is 4.72 Å². The van der Waals surface area contributed by atoms with E-state index in [0.717, 1.165) is 16.7 Å². The van der Waals surface area contributed by atoms with E-state index < -0.39 is 10.0 Å². The molecule has 4 nitrogen and oxygen atoms in total. The maximum absolute atomic E-state index is 13.0. The van der Waals surface area contributed by atoms with E-state index in [1.165, 1.54) is 0 Å². The van der Waals surface area contributed by atoms with Gasteiger partial charge in [0.25, 0.3) is 10.0 Å². The molecule has 0 saturated carbocycles. The molecule has 0 aliphatic rings. The Morgan fingerprint density at radius 1 is 0.808 bits per heavy atom. The van der Waals surface area contributed by atoms with Crippen LogP contribution in [0.5, 0.6) is 11.5 Å². The van der Waals surface area contributed by atoms with Gasteiger partial charge in [0.1, 0.15) is 5.75 Å². The summed E-state index contributed by atoms with van der Waals surface area (Å²) in [5.41, 5.74) is 2.87. The first-order valence-corrected chi connectivity index (χ1v) is 9.78. The van der Waals surface area contributed by atoms with Crippen molar-refractivity contribution in [3.8, 4) is 11.5 Å². The lowest BCUT2D eigenvalue weighted by atomic mass is 10.1. The SMILES string of the molecule is Cc1cc(C)c(S(=O)(=O)Nc2ccccc2Oc2ccccc2)c(C)c1. The van der Waals surface area contributed by atoms with E-state index in [4.69, 9.17) is 4.74 Å². The van der Waals surface area contributed by atoms with Crippen molar-refractivity contribution >= 4 is 15.7 Å². The molecule has 1 N–H and O–H groups in total. The van der Waals surface area contributed by atoms with Crippen molar-refractivity contribution in [1.29, 1.82) is 0 Å². The average molecular weight is 367 g/mol. The van der Waals surface area contributed by atoms with Gasteiger partial charge in [0.15, 0.2) is 5.75 Å². The molecule has 0 unspecified atom stereocenters. The summed E-state index contributed by atoms with van der Waals surface area (Å²) < 4.78 is 34.5. The molecule has 0 atom stereocenters. The van der Waals surface area contributed by atoms with Crippen molar-refractivity contribution in [2.24, 2.45) is 0 Å². The Labute approximate surface area is 154 Å². The third kappa shape index (κ3) is 3.89. The highest BCUT2D eigenvalue weighted by molar-refractivity contribution is 7.92. The second kappa shape index (κ2) is 7.22. The molecule has 3 aromatic carbocycles. The van der Waals surface area contributed by atoms with E-state index in [-0.39, 0.29) is 0 Å². The van der Waals surface area contributed by atoms with Gasteiger partial charge in [-0.05, 0) is 56.2 Å². The van der Waals surface area contributed by atoms with Crippen molar-refractivity contribution in [1.82, 2.24) is 0 Å². The summed E-state index contributed by atoms with van der Waals surface area (Å²) in [6.45, 7) is 5.56. The molecule has 3 rings (SSSR count). The zero-order chi connectivity index (χ0) is 18.7. The summed E-state index contributed by atoms with van der Waals surface area (Å²) in [6, 6.07) is 20.0. The lowest BCUT2D eigenvalue weighted by Gasteiger charge is -2.16. The van der Waals surface area contributed by atoms with E-state index in [2.05, 4.69) is 4.72 Å². The number of hydrogen-bond acceptors (Lipinski definition) is 3. The second-order valence-electron chi connectivity index (χ2n) is 6.24. The van der Waals surface area contributed by atoms with Crippen LogP contribution in [0, 0.1) is 20.8 Å². The zero-order valence-electron chi connectivity index (χ0n) is 15.0. The van der Waals surface area contributed by atoms with Crippen LogP contribution < -0.4 is 9.46 Å². The number of benzene rings is 3. The molecule has 0 aliphatic heterocycles. The van der Waals surface area contributed by atoms with E-state index in [1.54, 1.807) is 38.1 Å². The van der Waals surface area contributed by atoms with Gasteiger partial charge in [0, 0.05) is 0 Å². The Morgan fingerprint density at radius 3 is 2.04 bits per heavy atom. The van der Waals surface area contributed by atoms with Crippen molar-refractivity contribution < 1.29 is 13.2 Å². The molecule has 26 heavy (non-hydrogen) atoms. The van der Waals surface area contributed by atoms with Gasteiger partial charge in [-0.2, -0.15) is 0 Å². The molecule has 0 spiro atoms. The molecule has 0 heterocycles. The fourth-order valence-corrected chi connectivity index (χ4v) is 4.57. The molecule has 0 radical (unpaired) electrons. The van der Waals surface area contributed by atoms with Gasteiger partial charge in [-0.25, -0.2) is 8.42 Å². The minimum absolute atomic E-state index is 0.303. The molecule has 134 valence electrons. The third-order valence-corrected chi connectivity index (χ3v) is 5.65. The van der Waals surface area contributed by atoms with Crippen molar-refractivity contribution in [3.63, 3.8) is 0 Å². The van der Waals surface area contributed by atoms with Crippen LogP contribution in [-0.2, 0) is 10.0 Å². The molecule has 0 amide bonds. The summed E-state index contributed by atoms with van der Waals surface area (Å²) in [4.78, 5) is 0.303. The number of ether oxygens (including phenoxy) is 1. The first kappa shape index (κ1) is 18.0. The van der Waals surface area contributed by atoms with Crippen molar-refractivity contribution in [2.45, 2.75) is 25.7 Å². The van der Waals surface area contributed by atoms with Crippen molar-refractivity contribution in [2.75, 3.05) is 4.72 Å². The van der Waals surface area contributed by atoms with E-state index >= 15 is 0 Å². The van der Waals surface area contributed by atoms with Crippen LogP contribution in [0.1, 0.15) is 16.7 Å². The normalized spacial score (nSPS) is 11.2. The van der Waals surface area contributed by atoms with Gasteiger partial charge < -0.3 is 4.74 Å². The lowest BCUT2D eigenvalue weighted by Crippen LogP contribution is -2.16. The van der Waals surface area contributed by atoms with Gasteiger partial charge in [0.05, 0.1) is 10.6 Å². The van der Waals surface area contributed by atoms with Crippen LogP contribution in [-0.4, -0.2) is 8.42 Å². The Kier molecular flexibility index (Phi) is 5.00. The number of nitrogens with one attached hydrogen (secondary N) is 1. The van der Waals surface area contributed by atoms with Crippen LogP contribution in [0.3, 0.4) is 0 Å². The summed E-state index contributed by atoms with van der Waals surface area (Å²) in [5.74, 6) is 1.09. The fraction of sp³-hybridized carbons (Fsp3) is 0.143. The zero-order valence-corrected chi connectivity index (χ0v) is 15.8. The molecule has 0 fully saturated rings. The van der Waals surface area contributed by atoms with E-state index in [0.29, 0.717) is 22.1 Å². The molecular formula is C21H21NO3S. The fourth-order valence-electron chi connectivity index (χ4n) is 3.04. The second-order valence-corrected chi connectivity index (χ2v) is 7.86.